The van der Waals surface area contributed by atoms with Crippen LogP contribution in [0.4, 0.5) is 4.39 Å². The van der Waals surface area contributed by atoms with Gasteiger partial charge in [0.05, 0.1) is 22.6 Å². The summed E-state index contributed by atoms with van der Waals surface area (Å²) < 4.78 is 15.3. The first kappa shape index (κ1) is 26.3. The molecule has 0 aliphatic rings. The van der Waals surface area contributed by atoms with Crippen LogP contribution in [-0.4, -0.2) is 26.9 Å². The topological polar surface area (TPSA) is 55.2 Å². The highest BCUT2D eigenvalue weighted by Gasteiger charge is 2.29. The number of fused-ring (bicyclic) bond motifs is 1. The molecule has 192 valence electrons. The van der Waals surface area contributed by atoms with Crippen molar-refractivity contribution in [3.63, 3.8) is 0 Å². The Kier molecular flexibility index (Phi) is 8.49. The number of amides is 1. The Morgan fingerprint density at radius 2 is 1.65 bits per heavy atom. The Bertz CT molecular complexity index is 1410. The van der Waals surface area contributed by atoms with Crippen molar-refractivity contribution in [3.8, 4) is 5.69 Å². The monoisotopic (exact) mass is 499 g/mol. The maximum Gasteiger partial charge on any atom is 0.266 e. The normalized spacial score (nSPS) is 12.0. The van der Waals surface area contributed by atoms with Gasteiger partial charge >= 0.3 is 0 Å². The van der Waals surface area contributed by atoms with E-state index in [4.69, 9.17) is 4.98 Å². The summed E-state index contributed by atoms with van der Waals surface area (Å²) in [5.74, 6) is 0.0106. The van der Waals surface area contributed by atoms with Crippen molar-refractivity contribution in [1.29, 1.82) is 0 Å². The fraction of sp³-hybridized carbons (Fsp3) is 0.323. The quantitative estimate of drug-likeness (QED) is 0.221. The van der Waals surface area contributed by atoms with Crippen molar-refractivity contribution in [2.45, 2.75) is 58.9 Å². The van der Waals surface area contributed by atoms with Gasteiger partial charge in [0.15, 0.2) is 0 Å². The van der Waals surface area contributed by atoms with Gasteiger partial charge in [-0.3, -0.25) is 14.2 Å². The molecule has 0 fully saturated rings. The number of unbranched alkanes of at least 4 members (excludes halogenated alkanes) is 3. The summed E-state index contributed by atoms with van der Waals surface area (Å²) in [5.41, 5.74) is 2.55. The Morgan fingerprint density at radius 3 is 2.32 bits per heavy atom. The SMILES string of the molecule is CCCCCCN(C(=O)c1ccc(C)cc1)C(CC)c1nc2ccccc2c(=O)n1-c1ccc(F)cc1. The number of hydrogen-bond acceptors (Lipinski definition) is 3. The molecule has 0 aliphatic carbocycles. The zero-order valence-electron chi connectivity index (χ0n) is 21.8. The zero-order valence-corrected chi connectivity index (χ0v) is 21.8. The molecule has 0 radical (unpaired) electrons. The van der Waals surface area contributed by atoms with Crippen LogP contribution < -0.4 is 5.56 Å². The molecular weight excluding hydrogens is 465 g/mol. The Hall–Kier alpha value is -3.80. The van der Waals surface area contributed by atoms with Gasteiger partial charge in [0, 0.05) is 12.1 Å². The largest absolute Gasteiger partial charge is 0.328 e. The van der Waals surface area contributed by atoms with E-state index in [2.05, 4.69) is 6.92 Å². The summed E-state index contributed by atoms with van der Waals surface area (Å²) in [6.07, 6.45) is 4.63. The second kappa shape index (κ2) is 12.0. The zero-order chi connectivity index (χ0) is 26.4. The van der Waals surface area contributed by atoms with Gasteiger partial charge in [-0.1, -0.05) is 62.9 Å². The number of nitrogens with zero attached hydrogens (tertiary/aromatic N) is 3. The molecular formula is C31H34FN3O2. The van der Waals surface area contributed by atoms with Crippen LogP contribution in [0.5, 0.6) is 0 Å². The standard InChI is InChI=1S/C31H34FN3O2/c1-4-6-7-10-21-34(30(36)23-15-13-22(3)14-16-23)28(5-2)29-33-27-12-9-8-11-26(27)31(37)35(29)25-19-17-24(32)18-20-25/h8-9,11-20,28H,4-7,10,21H2,1-3H3. The third-order valence-corrected chi connectivity index (χ3v) is 6.76. The molecule has 0 saturated carbocycles. The number of carbonyl (C=O) groups excluding carboxylic acids is 1. The molecule has 1 unspecified atom stereocenters. The van der Waals surface area contributed by atoms with Gasteiger partial charge in [-0.15, -0.1) is 0 Å². The lowest BCUT2D eigenvalue weighted by Gasteiger charge is -2.32. The summed E-state index contributed by atoms with van der Waals surface area (Å²) in [5, 5.41) is 0.477. The third-order valence-electron chi connectivity index (χ3n) is 6.76. The number of halogens is 1. The molecule has 4 rings (SSSR count). The van der Waals surface area contributed by atoms with E-state index in [0.717, 1.165) is 31.2 Å². The summed E-state index contributed by atoms with van der Waals surface area (Å²) in [6.45, 7) is 6.70. The highest BCUT2D eigenvalue weighted by Crippen LogP contribution is 2.28. The van der Waals surface area contributed by atoms with Crippen LogP contribution in [0, 0.1) is 12.7 Å². The lowest BCUT2D eigenvalue weighted by atomic mass is 10.1. The fourth-order valence-corrected chi connectivity index (χ4v) is 4.73. The van der Waals surface area contributed by atoms with Gasteiger partial charge in [0.25, 0.3) is 11.5 Å². The maximum absolute atomic E-state index is 13.9. The van der Waals surface area contributed by atoms with Gasteiger partial charge in [-0.05, 0) is 68.3 Å². The van der Waals surface area contributed by atoms with Crippen LogP contribution in [-0.2, 0) is 0 Å². The molecule has 1 amide bonds. The van der Waals surface area contributed by atoms with Crippen molar-refractivity contribution < 1.29 is 9.18 Å². The van der Waals surface area contributed by atoms with E-state index in [1.165, 1.54) is 16.7 Å². The minimum atomic E-state index is -0.446. The van der Waals surface area contributed by atoms with Crippen LogP contribution in [0.15, 0.2) is 77.6 Å². The average molecular weight is 500 g/mol. The number of rotatable bonds is 10. The van der Waals surface area contributed by atoms with Crippen LogP contribution >= 0.6 is 0 Å². The molecule has 0 N–H and O–H groups in total. The molecule has 5 nitrogen and oxygen atoms in total. The Balaban J connectivity index is 1.88. The van der Waals surface area contributed by atoms with Gasteiger partial charge in [0.1, 0.15) is 11.6 Å². The van der Waals surface area contributed by atoms with E-state index in [9.17, 15) is 14.0 Å². The highest BCUT2D eigenvalue weighted by atomic mass is 19.1. The van der Waals surface area contributed by atoms with Crippen molar-refractivity contribution in [2.24, 2.45) is 0 Å². The van der Waals surface area contributed by atoms with E-state index in [-0.39, 0.29) is 17.3 Å². The predicted octanol–water partition coefficient (Wildman–Crippen LogP) is 7.01. The van der Waals surface area contributed by atoms with Crippen molar-refractivity contribution >= 4 is 16.8 Å². The van der Waals surface area contributed by atoms with Gasteiger partial charge in [-0.2, -0.15) is 0 Å². The smallest absolute Gasteiger partial charge is 0.266 e. The summed E-state index contributed by atoms with van der Waals surface area (Å²) in [6, 6.07) is 20.2. The third kappa shape index (κ3) is 5.79. The van der Waals surface area contributed by atoms with Crippen molar-refractivity contribution in [3.05, 3.63) is 106 Å². The second-order valence-corrected chi connectivity index (χ2v) is 9.45. The predicted molar refractivity (Wildman–Crippen MR) is 147 cm³/mol. The molecule has 4 aromatic rings. The van der Waals surface area contributed by atoms with Crippen molar-refractivity contribution in [2.75, 3.05) is 6.54 Å². The van der Waals surface area contributed by atoms with Gasteiger partial charge in [0.2, 0.25) is 0 Å². The first-order chi connectivity index (χ1) is 17.9. The molecule has 37 heavy (non-hydrogen) atoms. The average Bonchev–Trinajstić information content (AvgIpc) is 2.91. The van der Waals surface area contributed by atoms with E-state index in [1.54, 1.807) is 24.3 Å². The van der Waals surface area contributed by atoms with Gasteiger partial charge in [-0.25, -0.2) is 9.37 Å². The lowest BCUT2D eigenvalue weighted by molar-refractivity contribution is 0.0654. The number of para-hydroxylation sites is 1. The Morgan fingerprint density at radius 1 is 0.946 bits per heavy atom. The van der Waals surface area contributed by atoms with E-state index >= 15 is 0 Å². The second-order valence-electron chi connectivity index (χ2n) is 9.45. The number of aryl methyl sites for hydroxylation is 1. The van der Waals surface area contributed by atoms with Gasteiger partial charge < -0.3 is 4.90 Å². The first-order valence-electron chi connectivity index (χ1n) is 13.1. The summed E-state index contributed by atoms with van der Waals surface area (Å²) in [4.78, 5) is 34.5. The number of benzene rings is 3. The van der Waals surface area contributed by atoms with Crippen LogP contribution in [0.1, 0.15) is 73.7 Å². The van der Waals surface area contributed by atoms with E-state index in [0.29, 0.717) is 40.9 Å². The fourth-order valence-electron chi connectivity index (χ4n) is 4.73. The molecule has 1 atom stereocenters. The van der Waals surface area contributed by atoms with Crippen molar-refractivity contribution in [1.82, 2.24) is 14.5 Å². The number of hydrogen-bond donors (Lipinski definition) is 0. The lowest BCUT2D eigenvalue weighted by Crippen LogP contribution is -2.39. The molecule has 6 heteroatoms. The van der Waals surface area contributed by atoms with E-state index in [1.807, 2.05) is 55.1 Å². The van der Waals surface area contributed by atoms with Crippen LogP contribution in [0.3, 0.4) is 0 Å². The molecule has 0 spiro atoms. The van der Waals surface area contributed by atoms with E-state index < -0.39 is 6.04 Å². The summed E-state index contributed by atoms with van der Waals surface area (Å²) >= 11 is 0. The summed E-state index contributed by atoms with van der Waals surface area (Å²) in [7, 11) is 0. The highest BCUT2D eigenvalue weighted by molar-refractivity contribution is 5.94. The minimum absolute atomic E-state index is 0.0867. The Labute approximate surface area is 217 Å². The number of carbonyl (C=O) groups is 1. The van der Waals surface area contributed by atoms with Crippen LogP contribution in [0.25, 0.3) is 16.6 Å². The first-order valence-corrected chi connectivity index (χ1v) is 13.1. The molecule has 0 aliphatic heterocycles. The minimum Gasteiger partial charge on any atom is -0.328 e. The molecule has 3 aromatic carbocycles. The molecule has 1 aromatic heterocycles. The van der Waals surface area contributed by atoms with Crippen LogP contribution in [0.2, 0.25) is 0 Å². The molecule has 0 saturated heterocycles. The molecule has 0 bridgehead atoms. The number of aromatic nitrogens is 2. The maximum atomic E-state index is 13.9. The molecule has 1 heterocycles.